The van der Waals surface area contributed by atoms with Crippen molar-refractivity contribution < 1.29 is 23.8 Å². The van der Waals surface area contributed by atoms with E-state index in [0.717, 1.165) is 12.8 Å². The Labute approximate surface area is 135 Å². The monoisotopic (exact) mass is 324 g/mol. The molecule has 1 aliphatic rings. The molecular formula is C16H24N2O5. The fourth-order valence-electron chi connectivity index (χ4n) is 2.23. The van der Waals surface area contributed by atoms with Gasteiger partial charge in [-0.1, -0.05) is 0 Å². The van der Waals surface area contributed by atoms with Crippen molar-refractivity contribution in [1.82, 2.24) is 10.6 Å². The molecule has 23 heavy (non-hydrogen) atoms. The average Bonchev–Trinajstić information content (AvgIpc) is 3.14. The lowest BCUT2D eigenvalue weighted by Crippen LogP contribution is -2.45. The van der Waals surface area contributed by atoms with E-state index in [1.54, 1.807) is 6.07 Å². The van der Waals surface area contributed by atoms with Crippen molar-refractivity contribution >= 4 is 12.1 Å². The molecule has 3 N–H and O–H groups in total. The normalized spacial score (nSPS) is 16.0. The van der Waals surface area contributed by atoms with Gasteiger partial charge in [0.05, 0.1) is 6.54 Å². The topological polar surface area (TPSA) is 101 Å². The van der Waals surface area contributed by atoms with E-state index in [0.29, 0.717) is 24.8 Å². The number of carboxylic acids is 1. The number of alkyl carbamates (subject to hydrolysis) is 1. The van der Waals surface area contributed by atoms with Crippen molar-refractivity contribution in [1.29, 1.82) is 0 Å². The number of rotatable bonds is 7. The first-order chi connectivity index (χ1) is 10.7. The number of nitrogens with one attached hydrogen (secondary N) is 2. The van der Waals surface area contributed by atoms with Gasteiger partial charge in [0.15, 0.2) is 0 Å². The molecule has 128 valence electrons. The molecule has 1 aromatic rings. The van der Waals surface area contributed by atoms with Gasteiger partial charge in [-0.15, -0.1) is 0 Å². The molecule has 0 saturated heterocycles. The summed E-state index contributed by atoms with van der Waals surface area (Å²) in [4.78, 5) is 22.6. The van der Waals surface area contributed by atoms with Crippen LogP contribution in [-0.2, 0) is 11.3 Å². The highest BCUT2D eigenvalue weighted by atomic mass is 16.6. The molecule has 0 radical (unpaired) electrons. The molecule has 7 nitrogen and oxygen atoms in total. The van der Waals surface area contributed by atoms with Crippen LogP contribution in [0.15, 0.2) is 16.5 Å². The summed E-state index contributed by atoms with van der Waals surface area (Å²) in [6, 6.07) is 3.05. The standard InChI is InChI=1S/C16H24N2O5/c1-16(2,3)23-15(21)18-12(10-4-5-10)9-17-8-11-6-7-13(22-11)14(19)20/h6-7,10,12,17H,4-5,8-9H2,1-3H3,(H,18,21)(H,19,20). The van der Waals surface area contributed by atoms with E-state index >= 15 is 0 Å². The number of carbonyl (C=O) groups is 2. The van der Waals surface area contributed by atoms with Gasteiger partial charge in [0, 0.05) is 12.6 Å². The summed E-state index contributed by atoms with van der Waals surface area (Å²) >= 11 is 0. The first-order valence-electron chi connectivity index (χ1n) is 7.77. The van der Waals surface area contributed by atoms with E-state index in [4.69, 9.17) is 14.3 Å². The van der Waals surface area contributed by atoms with E-state index in [1.165, 1.54) is 6.07 Å². The Bertz CT molecular complexity index is 557. The Morgan fingerprint density at radius 1 is 1.39 bits per heavy atom. The SMILES string of the molecule is CC(C)(C)OC(=O)NC(CNCc1ccc(C(=O)O)o1)C1CC1. The number of aromatic carboxylic acids is 1. The van der Waals surface area contributed by atoms with Crippen LogP contribution < -0.4 is 10.6 Å². The lowest BCUT2D eigenvalue weighted by Gasteiger charge is -2.23. The van der Waals surface area contributed by atoms with Crippen molar-refractivity contribution in [2.75, 3.05) is 6.54 Å². The second-order valence-electron chi connectivity index (χ2n) is 6.79. The summed E-state index contributed by atoms with van der Waals surface area (Å²) in [5, 5.41) is 14.9. The minimum Gasteiger partial charge on any atom is -0.475 e. The maximum absolute atomic E-state index is 11.9. The molecule has 0 spiro atoms. The largest absolute Gasteiger partial charge is 0.475 e. The van der Waals surface area contributed by atoms with Crippen LogP contribution in [0.3, 0.4) is 0 Å². The zero-order valence-electron chi connectivity index (χ0n) is 13.7. The van der Waals surface area contributed by atoms with Crippen LogP contribution in [0.25, 0.3) is 0 Å². The molecule has 1 amide bonds. The molecule has 1 heterocycles. The molecule has 1 aromatic heterocycles. The number of hydrogen-bond acceptors (Lipinski definition) is 5. The van der Waals surface area contributed by atoms with E-state index in [1.807, 2.05) is 20.8 Å². The first kappa shape index (κ1) is 17.3. The Morgan fingerprint density at radius 3 is 2.61 bits per heavy atom. The molecule has 1 fully saturated rings. The van der Waals surface area contributed by atoms with Gasteiger partial charge in [0.2, 0.25) is 5.76 Å². The third-order valence-corrected chi connectivity index (χ3v) is 3.43. The Balaban J connectivity index is 1.78. The summed E-state index contributed by atoms with van der Waals surface area (Å²) in [6.07, 6.45) is 1.76. The number of furan rings is 1. The molecule has 0 aromatic carbocycles. The Hall–Kier alpha value is -2.02. The minimum atomic E-state index is -1.08. The van der Waals surface area contributed by atoms with Crippen molar-refractivity contribution in [3.8, 4) is 0 Å². The van der Waals surface area contributed by atoms with Crippen molar-refractivity contribution in [3.05, 3.63) is 23.7 Å². The number of ether oxygens (including phenoxy) is 1. The Kier molecular flexibility index (Phi) is 5.30. The van der Waals surface area contributed by atoms with E-state index in [2.05, 4.69) is 10.6 Å². The number of carbonyl (C=O) groups excluding carboxylic acids is 1. The van der Waals surface area contributed by atoms with Gasteiger partial charge in [-0.3, -0.25) is 0 Å². The average molecular weight is 324 g/mol. The van der Waals surface area contributed by atoms with Gasteiger partial charge < -0.3 is 24.9 Å². The first-order valence-corrected chi connectivity index (χ1v) is 7.77. The van der Waals surface area contributed by atoms with E-state index < -0.39 is 17.7 Å². The lowest BCUT2D eigenvalue weighted by molar-refractivity contribution is 0.0496. The zero-order chi connectivity index (χ0) is 17.0. The van der Waals surface area contributed by atoms with Crippen LogP contribution in [0.1, 0.15) is 49.9 Å². The molecule has 1 atom stereocenters. The summed E-state index contributed by atoms with van der Waals surface area (Å²) in [5.41, 5.74) is -0.521. The quantitative estimate of drug-likeness (QED) is 0.712. The molecule has 1 aliphatic carbocycles. The molecule has 1 saturated carbocycles. The van der Waals surface area contributed by atoms with Gasteiger partial charge in [0.1, 0.15) is 11.4 Å². The second-order valence-corrected chi connectivity index (χ2v) is 6.79. The van der Waals surface area contributed by atoms with Crippen LogP contribution >= 0.6 is 0 Å². The number of amides is 1. The van der Waals surface area contributed by atoms with Crippen LogP contribution in [0.4, 0.5) is 4.79 Å². The second kappa shape index (κ2) is 7.04. The smallest absolute Gasteiger partial charge is 0.407 e. The van der Waals surface area contributed by atoms with Gasteiger partial charge in [-0.05, 0) is 51.7 Å². The molecule has 7 heteroatoms. The predicted molar refractivity (Wildman–Crippen MR) is 83.3 cm³/mol. The highest BCUT2D eigenvalue weighted by Crippen LogP contribution is 2.32. The van der Waals surface area contributed by atoms with Crippen LogP contribution in [0, 0.1) is 5.92 Å². The zero-order valence-corrected chi connectivity index (χ0v) is 13.7. The Morgan fingerprint density at radius 2 is 2.09 bits per heavy atom. The van der Waals surface area contributed by atoms with E-state index in [-0.39, 0.29) is 11.8 Å². The fourth-order valence-corrected chi connectivity index (χ4v) is 2.23. The van der Waals surface area contributed by atoms with E-state index in [9.17, 15) is 9.59 Å². The molecule has 2 rings (SSSR count). The summed E-state index contributed by atoms with van der Waals surface area (Å²) in [5.74, 6) is -0.151. The third-order valence-electron chi connectivity index (χ3n) is 3.43. The molecular weight excluding hydrogens is 300 g/mol. The highest BCUT2D eigenvalue weighted by molar-refractivity contribution is 5.84. The molecule has 0 bridgehead atoms. The van der Waals surface area contributed by atoms with Crippen LogP contribution in [0.2, 0.25) is 0 Å². The number of carboxylic acid groups (broad SMARTS) is 1. The fraction of sp³-hybridized carbons (Fsp3) is 0.625. The summed E-state index contributed by atoms with van der Waals surface area (Å²) < 4.78 is 10.5. The van der Waals surface area contributed by atoms with Crippen LogP contribution in [0.5, 0.6) is 0 Å². The molecule has 0 aliphatic heterocycles. The van der Waals surface area contributed by atoms with Gasteiger partial charge in [-0.2, -0.15) is 0 Å². The number of hydrogen-bond donors (Lipinski definition) is 3. The minimum absolute atomic E-state index is 0.00115. The van der Waals surface area contributed by atoms with Crippen molar-refractivity contribution in [3.63, 3.8) is 0 Å². The van der Waals surface area contributed by atoms with Crippen molar-refractivity contribution in [2.24, 2.45) is 5.92 Å². The van der Waals surface area contributed by atoms with Gasteiger partial charge in [-0.25, -0.2) is 9.59 Å². The maximum Gasteiger partial charge on any atom is 0.407 e. The molecule has 1 unspecified atom stereocenters. The highest BCUT2D eigenvalue weighted by Gasteiger charge is 2.33. The van der Waals surface area contributed by atoms with Crippen LogP contribution in [-0.4, -0.2) is 35.4 Å². The van der Waals surface area contributed by atoms with Gasteiger partial charge in [0.25, 0.3) is 0 Å². The summed E-state index contributed by atoms with van der Waals surface area (Å²) in [7, 11) is 0. The third kappa shape index (κ3) is 5.94. The predicted octanol–water partition coefficient (Wildman–Crippen LogP) is 2.37. The van der Waals surface area contributed by atoms with Gasteiger partial charge >= 0.3 is 12.1 Å². The van der Waals surface area contributed by atoms with Crippen molar-refractivity contribution in [2.45, 2.75) is 51.8 Å². The summed E-state index contributed by atoms with van der Waals surface area (Å²) in [6.45, 7) is 6.47. The maximum atomic E-state index is 11.9. The lowest BCUT2D eigenvalue weighted by atomic mass is 10.2.